The van der Waals surface area contributed by atoms with E-state index in [1.165, 1.54) is 32.1 Å². The van der Waals surface area contributed by atoms with Gasteiger partial charge in [-0.05, 0) is 24.3 Å². The van der Waals surface area contributed by atoms with Crippen LogP contribution in [0.15, 0.2) is 30.3 Å². The molecule has 1 unspecified atom stereocenters. The first kappa shape index (κ1) is 14.1. The first-order valence-corrected chi connectivity index (χ1v) is 7.33. The average Bonchev–Trinajstić information content (AvgIpc) is 2.47. The standard InChI is InChI=1S/C16H24N2O/c17-12-15(14-9-5-2-6-10-14)18-16(19)11-13-7-3-1-4-8-13/h1,3-4,7-8,14-15H,2,5-6,9-12,17H2,(H,18,19). The highest BCUT2D eigenvalue weighted by Gasteiger charge is 2.23. The average molecular weight is 260 g/mol. The van der Waals surface area contributed by atoms with Gasteiger partial charge in [0.2, 0.25) is 5.91 Å². The molecule has 0 bridgehead atoms. The molecule has 1 atom stereocenters. The molecule has 2 rings (SSSR count). The van der Waals surface area contributed by atoms with Gasteiger partial charge in [-0.15, -0.1) is 0 Å². The van der Waals surface area contributed by atoms with Crippen LogP contribution < -0.4 is 11.1 Å². The number of nitrogens with one attached hydrogen (secondary N) is 1. The largest absolute Gasteiger partial charge is 0.352 e. The zero-order valence-corrected chi connectivity index (χ0v) is 11.5. The normalized spacial score (nSPS) is 17.9. The quantitative estimate of drug-likeness (QED) is 0.853. The number of hydrogen-bond acceptors (Lipinski definition) is 2. The van der Waals surface area contributed by atoms with Gasteiger partial charge in [0.15, 0.2) is 0 Å². The van der Waals surface area contributed by atoms with Gasteiger partial charge in [0.25, 0.3) is 0 Å². The van der Waals surface area contributed by atoms with Crippen molar-refractivity contribution in [1.29, 1.82) is 0 Å². The Labute approximate surface area is 115 Å². The Morgan fingerprint density at radius 2 is 1.89 bits per heavy atom. The van der Waals surface area contributed by atoms with Gasteiger partial charge in [-0.25, -0.2) is 0 Å². The molecular weight excluding hydrogens is 236 g/mol. The zero-order valence-electron chi connectivity index (χ0n) is 11.5. The van der Waals surface area contributed by atoms with Crippen LogP contribution in [-0.2, 0) is 11.2 Å². The van der Waals surface area contributed by atoms with Gasteiger partial charge in [0, 0.05) is 12.6 Å². The smallest absolute Gasteiger partial charge is 0.224 e. The Morgan fingerprint density at radius 3 is 2.53 bits per heavy atom. The van der Waals surface area contributed by atoms with Crippen molar-refractivity contribution in [3.8, 4) is 0 Å². The summed E-state index contributed by atoms with van der Waals surface area (Å²) in [5, 5.41) is 3.12. The van der Waals surface area contributed by atoms with Gasteiger partial charge in [-0.2, -0.15) is 0 Å². The fourth-order valence-corrected chi connectivity index (χ4v) is 2.94. The van der Waals surface area contributed by atoms with E-state index >= 15 is 0 Å². The van der Waals surface area contributed by atoms with Crippen LogP contribution in [0, 0.1) is 5.92 Å². The summed E-state index contributed by atoms with van der Waals surface area (Å²) >= 11 is 0. The van der Waals surface area contributed by atoms with Crippen LogP contribution in [0.25, 0.3) is 0 Å². The maximum Gasteiger partial charge on any atom is 0.224 e. The maximum atomic E-state index is 12.1. The Kier molecular flexibility index (Phi) is 5.40. The summed E-state index contributed by atoms with van der Waals surface area (Å²) in [6.07, 6.45) is 6.72. The molecule has 0 aromatic heterocycles. The molecule has 0 spiro atoms. The second kappa shape index (κ2) is 7.29. The summed E-state index contributed by atoms with van der Waals surface area (Å²) in [4.78, 5) is 12.1. The number of carbonyl (C=O) groups excluding carboxylic acids is 1. The lowest BCUT2D eigenvalue weighted by molar-refractivity contribution is -0.121. The molecule has 3 N–H and O–H groups in total. The third-order valence-electron chi connectivity index (χ3n) is 4.03. The topological polar surface area (TPSA) is 55.1 Å². The molecule has 3 nitrogen and oxygen atoms in total. The van der Waals surface area contributed by atoms with Crippen molar-refractivity contribution >= 4 is 5.91 Å². The SMILES string of the molecule is NCC(NC(=O)Cc1ccccc1)C1CCCCC1. The van der Waals surface area contributed by atoms with E-state index in [1.807, 2.05) is 30.3 Å². The van der Waals surface area contributed by atoms with Crippen LogP contribution in [-0.4, -0.2) is 18.5 Å². The minimum atomic E-state index is 0.0900. The lowest BCUT2D eigenvalue weighted by atomic mass is 9.84. The molecule has 3 heteroatoms. The first-order chi connectivity index (χ1) is 9.29. The molecule has 0 aliphatic heterocycles. The van der Waals surface area contributed by atoms with Crippen LogP contribution in [0.3, 0.4) is 0 Å². The molecule has 0 radical (unpaired) electrons. The van der Waals surface area contributed by atoms with E-state index in [0.29, 0.717) is 18.9 Å². The fraction of sp³-hybridized carbons (Fsp3) is 0.562. The van der Waals surface area contributed by atoms with Crippen molar-refractivity contribution in [3.63, 3.8) is 0 Å². The summed E-state index contributed by atoms with van der Waals surface area (Å²) in [6.45, 7) is 0.547. The number of benzene rings is 1. The van der Waals surface area contributed by atoms with Gasteiger partial charge >= 0.3 is 0 Å². The summed E-state index contributed by atoms with van der Waals surface area (Å²) in [7, 11) is 0. The Morgan fingerprint density at radius 1 is 1.21 bits per heavy atom. The molecule has 0 saturated heterocycles. The third-order valence-corrected chi connectivity index (χ3v) is 4.03. The highest BCUT2D eigenvalue weighted by Crippen LogP contribution is 2.26. The Balaban J connectivity index is 1.85. The Hall–Kier alpha value is -1.35. The molecule has 0 heterocycles. The van der Waals surface area contributed by atoms with Crippen molar-refractivity contribution < 1.29 is 4.79 Å². The van der Waals surface area contributed by atoms with Gasteiger partial charge in [0.05, 0.1) is 6.42 Å². The van der Waals surface area contributed by atoms with E-state index in [4.69, 9.17) is 5.73 Å². The second-order valence-electron chi connectivity index (χ2n) is 5.47. The minimum Gasteiger partial charge on any atom is -0.352 e. The van der Waals surface area contributed by atoms with E-state index in [0.717, 1.165) is 5.56 Å². The molecule has 1 fully saturated rings. The Bertz CT molecular complexity index is 385. The van der Waals surface area contributed by atoms with Crippen LogP contribution in [0.1, 0.15) is 37.7 Å². The lowest BCUT2D eigenvalue weighted by Crippen LogP contribution is -2.46. The molecule has 104 valence electrons. The highest BCUT2D eigenvalue weighted by molar-refractivity contribution is 5.78. The van der Waals surface area contributed by atoms with Crippen molar-refractivity contribution in [2.45, 2.75) is 44.6 Å². The molecule has 1 saturated carbocycles. The summed E-state index contributed by atoms with van der Waals surface area (Å²) in [5.41, 5.74) is 6.89. The van der Waals surface area contributed by atoms with Gasteiger partial charge in [-0.3, -0.25) is 4.79 Å². The zero-order chi connectivity index (χ0) is 13.5. The number of nitrogens with two attached hydrogens (primary N) is 1. The van der Waals surface area contributed by atoms with Crippen LogP contribution in [0.5, 0.6) is 0 Å². The van der Waals surface area contributed by atoms with Crippen LogP contribution in [0.2, 0.25) is 0 Å². The van der Waals surface area contributed by atoms with Crippen molar-refractivity contribution in [3.05, 3.63) is 35.9 Å². The summed E-state index contributed by atoms with van der Waals surface area (Å²) in [6, 6.07) is 10.0. The van der Waals surface area contributed by atoms with Crippen LogP contribution >= 0.6 is 0 Å². The van der Waals surface area contributed by atoms with E-state index in [2.05, 4.69) is 5.32 Å². The van der Waals surface area contributed by atoms with E-state index in [-0.39, 0.29) is 11.9 Å². The molecule has 1 aliphatic rings. The van der Waals surface area contributed by atoms with Crippen molar-refractivity contribution in [2.75, 3.05) is 6.54 Å². The third kappa shape index (κ3) is 4.35. The number of carbonyl (C=O) groups is 1. The number of rotatable bonds is 5. The summed E-state index contributed by atoms with van der Waals surface area (Å²) < 4.78 is 0. The van der Waals surface area contributed by atoms with Gasteiger partial charge < -0.3 is 11.1 Å². The second-order valence-corrected chi connectivity index (χ2v) is 5.47. The monoisotopic (exact) mass is 260 g/mol. The molecule has 1 amide bonds. The van der Waals surface area contributed by atoms with Gasteiger partial charge in [0.1, 0.15) is 0 Å². The molecule has 1 aliphatic carbocycles. The van der Waals surface area contributed by atoms with Crippen LogP contribution in [0.4, 0.5) is 0 Å². The molecule has 19 heavy (non-hydrogen) atoms. The first-order valence-electron chi connectivity index (χ1n) is 7.33. The van der Waals surface area contributed by atoms with Crippen molar-refractivity contribution in [2.24, 2.45) is 11.7 Å². The van der Waals surface area contributed by atoms with E-state index in [1.54, 1.807) is 0 Å². The number of amides is 1. The molecule has 1 aromatic rings. The summed E-state index contributed by atoms with van der Waals surface area (Å²) in [5.74, 6) is 0.658. The minimum absolute atomic E-state index is 0.0900. The maximum absolute atomic E-state index is 12.1. The molecule has 1 aromatic carbocycles. The fourth-order valence-electron chi connectivity index (χ4n) is 2.94. The molecular formula is C16H24N2O. The van der Waals surface area contributed by atoms with Crippen molar-refractivity contribution in [1.82, 2.24) is 5.32 Å². The highest BCUT2D eigenvalue weighted by atomic mass is 16.1. The predicted octanol–water partition coefficient (Wildman–Crippen LogP) is 2.25. The van der Waals surface area contributed by atoms with Gasteiger partial charge in [-0.1, -0.05) is 49.6 Å². The lowest BCUT2D eigenvalue weighted by Gasteiger charge is -2.30. The van der Waals surface area contributed by atoms with E-state index < -0.39 is 0 Å². The van der Waals surface area contributed by atoms with E-state index in [9.17, 15) is 4.79 Å². The predicted molar refractivity (Wildman–Crippen MR) is 77.7 cm³/mol. The number of hydrogen-bond donors (Lipinski definition) is 2.